The largest absolute Gasteiger partial charge is 0.335 e. The first kappa shape index (κ1) is 18.4. The van der Waals surface area contributed by atoms with Crippen molar-refractivity contribution < 1.29 is 9.59 Å². The van der Waals surface area contributed by atoms with Crippen LogP contribution >= 0.6 is 11.6 Å². The Hall–Kier alpha value is -2.99. The second-order valence-electron chi connectivity index (χ2n) is 6.87. The molecule has 2 heterocycles. The number of hydrogen-bond acceptors (Lipinski definition) is 4. The molecule has 0 bridgehead atoms. The van der Waals surface area contributed by atoms with Gasteiger partial charge in [0.1, 0.15) is 5.52 Å². The number of carbonyl (C=O) groups excluding carboxylic acids is 2. The zero-order valence-corrected chi connectivity index (χ0v) is 16.1. The van der Waals surface area contributed by atoms with Crippen molar-refractivity contribution in [1.82, 2.24) is 14.9 Å². The van der Waals surface area contributed by atoms with E-state index in [1.54, 1.807) is 29.4 Å². The van der Waals surface area contributed by atoms with E-state index in [-0.39, 0.29) is 24.3 Å². The van der Waals surface area contributed by atoms with Crippen LogP contribution in [0.15, 0.2) is 54.9 Å². The topological polar surface area (TPSA) is 75.2 Å². The second-order valence-corrected chi connectivity index (χ2v) is 7.25. The minimum absolute atomic E-state index is 0.0213. The van der Waals surface area contributed by atoms with Crippen LogP contribution in [0.2, 0.25) is 5.02 Å². The van der Waals surface area contributed by atoms with Gasteiger partial charge in [-0.2, -0.15) is 0 Å². The highest BCUT2D eigenvalue weighted by Gasteiger charge is 2.37. The van der Waals surface area contributed by atoms with Crippen molar-refractivity contribution in [3.63, 3.8) is 0 Å². The van der Waals surface area contributed by atoms with Crippen molar-refractivity contribution >= 4 is 40.1 Å². The summed E-state index contributed by atoms with van der Waals surface area (Å²) in [5.41, 5.74) is 2.71. The van der Waals surface area contributed by atoms with Gasteiger partial charge in [-0.15, -0.1) is 0 Å². The Morgan fingerprint density at radius 3 is 2.71 bits per heavy atom. The van der Waals surface area contributed by atoms with E-state index in [1.807, 2.05) is 37.3 Å². The number of carbonyl (C=O) groups is 2. The van der Waals surface area contributed by atoms with Gasteiger partial charge in [0.2, 0.25) is 11.8 Å². The number of likely N-dealkylation sites (tertiary alicyclic amines) is 1. The molecule has 2 unspecified atom stereocenters. The van der Waals surface area contributed by atoms with Gasteiger partial charge in [-0.3, -0.25) is 19.6 Å². The van der Waals surface area contributed by atoms with E-state index in [1.165, 1.54) is 0 Å². The lowest BCUT2D eigenvalue weighted by molar-refractivity contribution is -0.129. The molecular formula is C21H19ClN4O2. The molecule has 28 heavy (non-hydrogen) atoms. The third-order valence-corrected chi connectivity index (χ3v) is 5.50. The second kappa shape index (κ2) is 7.56. The molecule has 142 valence electrons. The number of aromatic nitrogens is 2. The zero-order valence-electron chi connectivity index (χ0n) is 15.3. The number of rotatable bonds is 4. The Bertz CT molecular complexity index is 1040. The van der Waals surface area contributed by atoms with Crippen molar-refractivity contribution in [3.05, 3.63) is 65.4 Å². The van der Waals surface area contributed by atoms with E-state index in [0.29, 0.717) is 28.3 Å². The molecule has 3 aromatic rings. The van der Waals surface area contributed by atoms with Crippen LogP contribution in [-0.4, -0.2) is 33.2 Å². The third-order valence-electron chi connectivity index (χ3n) is 5.12. The maximum absolute atomic E-state index is 12.8. The number of benzene rings is 2. The summed E-state index contributed by atoms with van der Waals surface area (Å²) in [6.07, 6.45) is 3.33. The van der Waals surface area contributed by atoms with E-state index in [2.05, 4.69) is 15.3 Å². The lowest BCUT2D eigenvalue weighted by Gasteiger charge is -2.25. The van der Waals surface area contributed by atoms with Gasteiger partial charge in [0.15, 0.2) is 0 Å². The van der Waals surface area contributed by atoms with Crippen molar-refractivity contribution in [2.24, 2.45) is 5.92 Å². The quantitative estimate of drug-likeness (QED) is 0.729. The van der Waals surface area contributed by atoms with Crippen LogP contribution in [0, 0.1) is 5.92 Å². The summed E-state index contributed by atoms with van der Waals surface area (Å²) >= 11 is 6.39. The molecule has 4 rings (SSSR count). The van der Waals surface area contributed by atoms with E-state index in [4.69, 9.17) is 11.6 Å². The van der Waals surface area contributed by atoms with Gasteiger partial charge in [-0.1, -0.05) is 41.9 Å². The summed E-state index contributed by atoms with van der Waals surface area (Å²) in [6, 6.07) is 13.2. The first-order valence-electron chi connectivity index (χ1n) is 9.09. The van der Waals surface area contributed by atoms with Crippen molar-refractivity contribution in [1.29, 1.82) is 0 Å². The van der Waals surface area contributed by atoms with Crippen molar-refractivity contribution in [2.45, 2.75) is 19.4 Å². The van der Waals surface area contributed by atoms with Crippen LogP contribution in [0.3, 0.4) is 0 Å². The highest BCUT2D eigenvalue weighted by atomic mass is 35.5. The van der Waals surface area contributed by atoms with Crippen LogP contribution in [-0.2, 0) is 9.59 Å². The molecule has 2 atom stereocenters. The summed E-state index contributed by atoms with van der Waals surface area (Å²) in [5.74, 6) is -0.666. The fourth-order valence-electron chi connectivity index (χ4n) is 3.53. The summed E-state index contributed by atoms with van der Waals surface area (Å²) in [7, 11) is 0. The number of halogens is 1. The van der Waals surface area contributed by atoms with Gasteiger partial charge in [-0.05, 0) is 24.6 Å². The van der Waals surface area contributed by atoms with Crippen molar-refractivity contribution in [3.8, 4) is 0 Å². The lowest BCUT2D eigenvalue weighted by atomic mass is 10.1. The number of fused-ring (bicyclic) bond motifs is 1. The average molecular weight is 395 g/mol. The highest BCUT2D eigenvalue weighted by molar-refractivity contribution is 6.38. The molecule has 6 nitrogen and oxygen atoms in total. The maximum Gasteiger partial charge on any atom is 0.229 e. The molecule has 1 aliphatic rings. The lowest BCUT2D eigenvalue weighted by Crippen LogP contribution is -2.30. The van der Waals surface area contributed by atoms with Gasteiger partial charge >= 0.3 is 0 Å². The molecule has 1 saturated heterocycles. The van der Waals surface area contributed by atoms with Crippen LogP contribution in [0.1, 0.15) is 24.9 Å². The van der Waals surface area contributed by atoms with Gasteiger partial charge in [0.25, 0.3) is 0 Å². The predicted molar refractivity (Wildman–Crippen MR) is 108 cm³/mol. The maximum atomic E-state index is 12.8. The molecule has 2 aromatic carbocycles. The Morgan fingerprint density at radius 2 is 1.93 bits per heavy atom. The third kappa shape index (κ3) is 3.43. The Kier molecular flexibility index (Phi) is 4.96. The molecule has 1 aromatic heterocycles. The predicted octanol–water partition coefficient (Wildman–Crippen LogP) is 3.83. The molecule has 0 spiro atoms. The first-order valence-corrected chi connectivity index (χ1v) is 9.47. The Morgan fingerprint density at radius 1 is 1.18 bits per heavy atom. The van der Waals surface area contributed by atoms with E-state index in [9.17, 15) is 9.59 Å². The summed E-state index contributed by atoms with van der Waals surface area (Å²) in [4.78, 5) is 35.4. The number of anilines is 1. The molecule has 7 heteroatoms. The number of nitrogens with zero attached hydrogens (tertiary/aromatic N) is 3. The molecule has 1 fully saturated rings. The molecule has 0 radical (unpaired) electrons. The SMILES string of the molecule is CC(c1ccccc1)N1CC(C(=O)Nc2ccc3nccnc3c2Cl)CC1=O. The minimum Gasteiger partial charge on any atom is -0.335 e. The zero-order chi connectivity index (χ0) is 19.7. The number of hydrogen-bond donors (Lipinski definition) is 1. The van der Waals surface area contributed by atoms with Crippen LogP contribution in [0.5, 0.6) is 0 Å². The average Bonchev–Trinajstić information content (AvgIpc) is 3.12. The summed E-state index contributed by atoms with van der Waals surface area (Å²) < 4.78 is 0. The number of amides is 2. The van der Waals surface area contributed by atoms with Gasteiger partial charge < -0.3 is 10.2 Å². The van der Waals surface area contributed by atoms with E-state index in [0.717, 1.165) is 5.56 Å². The normalized spacial score (nSPS) is 17.7. The smallest absolute Gasteiger partial charge is 0.229 e. The first-order chi connectivity index (χ1) is 13.5. The van der Waals surface area contributed by atoms with E-state index < -0.39 is 5.92 Å². The van der Waals surface area contributed by atoms with Crippen LogP contribution in [0.25, 0.3) is 11.0 Å². The highest BCUT2D eigenvalue weighted by Crippen LogP contribution is 2.32. The fraction of sp³-hybridized carbons (Fsp3) is 0.238. The monoisotopic (exact) mass is 394 g/mol. The van der Waals surface area contributed by atoms with Crippen LogP contribution in [0.4, 0.5) is 5.69 Å². The van der Waals surface area contributed by atoms with Gasteiger partial charge in [-0.25, -0.2) is 0 Å². The summed E-state index contributed by atoms with van der Waals surface area (Å²) in [5, 5.41) is 3.19. The minimum atomic E-state index is -0.424. The fourth-order valence-corrected chi connectivity index (χ4v) is 3.78. The van der Waals surface area contributed by atoms with Crippen LogP contribution < -0.4 is 5.32 Å². The van der Waals surface area contributed by atoms with E-state index >= 15 is 0 Å². The molecule has 0 aliphatic carbocycles. The molecule has 2 amide bonds. The van der Waals surface area contributed by atoms with Gasteiger partial charge in [0.05, 0.1) is 28.2 Å². The van der Waals surface area contributed by atoms with Crippen molar-refractivity contribution in [2.75, 3.05) is 11.9 Å². The van der Waals surface area contributed by atoms with Gasteiger partial charge in [0, 0.05) is 25.4 Å². The number of nitrogens with one attached hydrogen (secondary N) is 1. The molecule has 1 aliphatic heterocycles. The molecule has 0 saturated carbocycles. The molecular weight excluding hydrogens is 376 g/mol. The Labute approximate surface area is 167 Å². The Balaban J connectivity index is 1.49. The molecule has 1 N–H and O–H groups in total. The summed E-state index contributed by atoms with van der Waals surface area (Å²) in [6.45, 7) is 2.36. The standard InChI is InChI=1S/C21H19ClN4O2/c1-13(14-5-3-2-4-6-14)26-12-15(11-18(26)27)21(28)25-16-7-8-17-20(19(16)22)24-10-9-23-17/h2-10,13,15H,11-12H2,1H3,(H,25,28).